The van der Waals surface area contributed by atoms with Crippen molar-refractivity contribution in [2.75, 3.05) is 18.6 Å². The molecule has 2 atom stereocenters. The summed E-state index contributed by atoms with van der Waals surface area (Å²) in [5.41, 5.74) is 1.39. The standard InChI is InChI=1S/C23H25N3O3S/c1-16(21(27)25(2)17-9-4-3-5-10-17)30-23-24-20-13-7-6-12-19(20)22(28)26(23)15-18-11-8-14-29-18/h3-7,9-10,12-13,16,18H,8,11,14-15H2,1-2H3. The zero-order valence-electron chi connectivity index (χ0n) is 17.2. The summed E-state index contributed by atoms with van der Waals surface area (Å²) in [5.74, 6) is -0.0442. The van der Waals surface area contributed by atoms with E-state index in [-0.39, 0.29) is 17.6 Å². The van der Waals surface area contributed by atoms with E-state index >= 15 is 0 Å². The summed E-state index contributed by atoms with van der Waals surface area (Å²) < 4.78 is 7.43. The highest BCUT2D eigenvalue weighted by Gasteiger charge is 2.25. The maximum Gasteiger partial charge on any atom is 0.262 e. The molecule has 156 valence electrons. The normalized spacial score (nSPS) is 17.2. The molecule has 2 heterocycles. The van der Waals surface area contributed by atoms with E-state index in [0.717, 1.165) is 25.1 Å². The number of thioether (sulfide) groups is 1. The summed E-state index contributed by atoms with van der Waals surface area (Å²) in [6.45, 7) is 3.03. The molecule has 1 aromatic heterocycles. The molecule has 6 nitrogen and oxygen atoms in total. The zero-order chi connectivity index (χ0) is 21.1. The second-order valence-electron chi connectivity index (χ2n) is 7.46. The Kier molecular flexibility index (Phi) is 6.20. The van der Waals surface area contributed by atoms with Crippen LogP contribution in [0.3, 0.4) is 0 Å². The molecule has 0 aliphatic carbocycles. The highest BCUT2D eigenvalue weighted by Crippen LogP contribution is 2.26. The van der Waals surface area contributed by atoms with Gasteiger partial charge in [-0.1, -0.05) is 42.1 Å². The van der Waals surface area contributed by atoms with Crippen molar-refractivity contribution >= 4 is 34.3 Å². The summed E-state index contributed by atoms with van der Waals surface area (Å²) in [6.07, 6.45) is 1.93. The molecule has 3 aromatic rings. The fraction of sp³-hybridized carbons (Fsp3) is 0.348. The van der Waals surface area contributed by atoms with Gasteiger partial charge >= 0.3 is 0 Å². The topological polar surface area (TPSA) is 64.4 Å². The highest BCUT2D eigenvalue weighted by molar-refractivity contribution is 8.00. The molecular formula is C23H25N3O3S. The summed E-state index contributed by atoms with van der Waals surface area (Å²) in [4.78, 5) is 32.6. The van der Waals surface area contributed by atoms with Gasteiger partial charge in [-0.25, -0.2) is 4.98 Å². The van der Waals surface area contributed by atoms with Gasteiger partial charge in [-0.2, -0.15) is 0 Å². The van der Waals surface area contributed by atoms with Gasteiger partial charge in [-0.3, -0.25) is 14.2 Å². The van der Waals surface area contributed by atoms with E-state index in [1.165, 1.54) is 11.8 Å². The number of nitrogens with zero attached hydrogens (tertiary/aromatic N) is 3. The van der Waals surface area contributed by atoms with Crippen LogP contribution in [0.5, 0.6) is 0 Å². The molecular weight excluding hydrogens is 398 g/mol. The van der Waals surface area contributed by atoms with E-state index in [1.807, 2.05) is 55.5 Å². The van der Waals surface area contributed by atoms with Crippen molar-refractivity contribution in [3.8, 4) is 0 Å². The third kappa shape index (κ3) is 4.27. The summed E-state index contributed by atoms with van der Waals surface area (Å²) in [6, 6.07) is 16.9. The Morgan fingerprint density at radius 1 is 1.23 bits per heavy atom. The van der Waals surface area contributed by atoms with E-state index in [2.05, 4.69) is 0 Å². The number of carbonyl (C=O) groups is 1. The first kappa shape index (κ1) is 20.6. The van der Waals surface area contributed by atoms with Gasteiger partial charge < -0.3 is 9.64 Å². The minimum Gasteiger partial charge on any atom is -0.376 e. The van der Waals surface area contributed by atoms with Crippen LogP contribution in [0.2, 0.25) is 0 Å². The van der Waals surface area contributed by atoms with Crippen LogP contribution in [0, 0.1) is 0 Å². The number of carbonyl (C=O) groups excluding carboxylic acids is 1. The number of amides is 1. The summed E-state index contributed by atoms with van der Waals surface area (Å²) >= 11 is 1.32. The van der Waals surface area contributed by atoms with Crippen molar-refractivity contribution in [1.29, 1.82) is 0 Å². The molecule has 1 amide bonds. The largest absolute Gasteiger partial charge is 0.376 e. The van der Waals surface area contributed by atoms with Crippen LogP contribution in [0.25, 0.3) is 10.9 Å². The van der Waals surface area contributed by atoms with Crippen LogP contribution >= 0.6 is 11.8 Å². The highest BCUT2D eigenvalue weighted by atomic mass is 32.2. The monoisotopic (exact) mass is 423 g/mol. The summed E-state index contributed by atoms with van der Waals surface area (Å²) in [7, 11) is 1.77. The molecule has 4 rings (SSSR count). The van der Waals surface area contributed by atoms with E-state index in [0.29, 0.717) is 22.6 Å². The number of aromatic nitrogens is 2. The van der Waals surface area contributed by atoms with Crippen molar-refractivity contribution < 1.29 is 9.53 Å². The molecule has 2 aromatic carbocycles. The Morgan fingerprint density at radius 2 is 1.97 bits per heavy atom. The van der Waals surface area contributed by atoms with Crippen molar-refractivity contribution in [3.05, 3.63) is 65.0 Å². The maximum absolute atomic E-state index is 13.2. The Bertz CT molecular complexity index is 1090. The van der Waals surface area contributed by atoms with Crippen LogP contribution in [0.15, 0.2) is 64.5 Å². The van der Waals surface area contributed by atoms with Gasteiger partial charge in [-0.05, 0) is 44.0 Å². The average Bonchev–Trinajstić information content (AvgIpc) is 3.29. The van der Waals surface area contributed by atoms with Gasteiger partial charge in [-0.15, -0.1) is 0 Å². The van der Waals surface area contributed by atoms with Gasteiger partial charge in [0.1, 0.15) is 0 Å². The van der Waals surface area contributed by atoms with E-state index < -0.39 is 5.25 Å². The third-order valence-electron chi connectivity index (χ3n) is 5.34. The second kappa shape index (κ2) is 9.02. The van der Waals surface area contributed by atoms with E-state index in [4.69, 9.17) is 9.72 Å². The predicted molar refractivity (Wildman–Crippen MR) is 120 cm³/mol. The molecule has 0 bridgehead atoms. The first-order valence-electron chi connectivity index (χ1n) is 10.1. The second-order valence-corrected chi connectivity index (χ2v) is 8.76. The number of benzene rings is 2. The molecule has 0 N–H and O–H groups in total. The lowest BCUT2D eigenvalue weighted by molar-refractivity contribution is -0.117. The molecule has 1 aliphatic heterocycles. The Hall–Kier alpha value is -2.64. The third-order valence-corrected chi connectivity index (χ3v) is 6.42. The van der Waals surface area contributed by atoms with Crippen LogP contribution < -0.4 is 10.5 Å². The number of fused-ring (bicyclic) bond motifs is 1. The Morgan fingerprint density at radius 3 is 2.70 bits per heavy atom. The van der Waals surface area contributed by atoms with Crippen LogP contribution in [-0.4, -0.2) is 40.5 Å². The van der Waals surface area contributed by atoms with Crippen molar-refractivity contribution in [2.45, 2.75) is 42.8 Å². The van der Waals surface area contributed by atoms with Crippen LogP contribution in [-0.2, 0) is 16.1 Å². The van der Waals surface area contributed by atoms with Gasteiger partial charge in [0.25, 0.3) is 5.56 Å². The zero-order valence-corrected chi connectivity index (χ0v) is 18.0. The number of rotatable bonds is 6. The van der Waals surface area contributed by atoms with Crippen molar-refractivity contribution in [2.24, 2.45) is 0 Å². The molecule has 2 unspecified atom stereocenters. The van der Waals surface area contributed by atoms with Crippen molar-refractivity contribution in [3.63, 3.8) is 0 Å². The van der Waals surface area contributed by atoms with E-state index in [1.54, 1.807) is 22.6 Å². The molecule has 0 saturated carbocycles. The van der Waals surface area contributed by atoms with E-state index in [9.17, 15) is 9.59 Å². The summed E-state index contributed by atoms with van der Waals surface area (Å²) in [5, 5.41) is 0.732. The molecule has 1 fully saturated rings. The van der Waals surface area contributed by atoms with Gasteiger partial charge in [0.2, 0.25) is 5.91 Å². The van der Waals surface area contributed by atoms with Crippen LogP contribution in [0.4, 0.5) is 5.69 Å². The lowest BCUT2D eigenvalue weighted by Crippen LogP contribution is -2.34. The lowest BCUT2D eigenvalue weighted by atomic mass is 10.2. The molecule has 30 heavy (non-hydrogen) atoms. The quantitative estimate of drug-likeness (QED) is 0.447. The first-order valence-corrected chi connectivity index (χ1v) is 11.0. The molecule has 0 radical (unpaired) electrons. The predicted octanol–water partition coefficient (Wildman–Crippen LogP) is 3.72. The number of ether oxygens (including phenoxy) is 1. The average molecular weight is 424 g/mol. The van der Waals surface area contributed by atoms with Gasteiger partial charge in [0.15, 0.2) is 5.16 Å². The number of para-hydroxylation sites is 2. The molecule has 1 saturated heterocycles. The fourth-order valence-corrected chi connectivity index (χ4v) is 4.66. The SMILES string of the molecule is CC(Sc1nc2ccccc2c(=O)n1CC1CCCO1)C(=O)N(C)c1ccccc1. The first-order chi connectivity index (χ1) is 14.5. The molecule has 1 aliphatic rings. The number of anilines is 1. The van der Waals surface area contributed by atoms with Crippen LogP contribution in [0.1, 0.15) is 19.8 Å². The molecule has 0 spiro atoms. The smallest absolute Gasteiger partial charge is 0.262 e. The maximum atomic E-state index is 13.2. The van der Waals surface area contributed by atoms with Crippen molar-refractivity contribution in [1.82, 2.24) is 9.55 Å². The minimum atomic E-state index is -0.404. The van der Waals surface area contributed by atoms with Gasteiger partial charge in [0.05, 0.1) is 28.8 Å². The minimum absolute atomic E-state index is 0.00279. The fourth-order valence-electron chi connectivity index (χ4n) is 3.65. The lowest BCUT2D eigenvalue weighted by Gasteiger charge is -2.22. The Balaban J connectivity index is 1.64. The van der Waals surface area contributed by atoms with Gasteiger partial charge in [0, 0.05) is 19.3 Å². The number of hydrogen-bond donors (Lipinski definition) is 0. The number of hydrogen-bond acceptors (Lipinski definition) is 5. The molecule has 7 heteroatoms. The Labute approximate surface area is 179 Å².